The summed E-state index contributed by atoms with van der Waals surface area (Å²) in [5.41, 5.74) is 10.0. The number of aromatic nitrogens is 4. The number of hydrogen-bond acceptors (Lipinski definition) is 6. The van der Waals surface area contributed by atoms with Crippen LogP contribution in [0.5, 0.6) is 0 Å². The number of piperidine rings is 1. The summed E-state index contributed by atoms with van der Waals surface area (Å²) in [6.07, 6.45) is 4.11. The Balaban J connectivity index is 1.15. The molecule has 2 aromatic heterocycles. The van der Waals surface area contributed by atoms with Gasteiger partial charge in [-0.15, -0.1) is 0 Å². The van der Waals surface area contributed by atoms with E-state index in [1.54, 1.807) is 17.2 Å². The molecule has 194 valence electrons. The average Bonchev–Trinajstić information content (AvgIpc) is 3.16. The quantitative estimate of drug-likeness (QED) is 0.398. The Kier molecular flexibility index (Phi) is 5.42. The first kappa shape index (κ1) is 23.5. The number of halogens is 2. The van der Waals surface area contributed by atoms with E-state index < -0.39 is 0 Å². The molecule has 3 atom stereocenters. The molecule has 10 heteroatoms. The van der Waals surface area contributed by atoms with Gasteiger partial charge in [0.15, 0.2) is 0 Å². The fraction of sp³-hybridized carbons (Fsp3) is 0.357. The van der Waals surface area contributed by atoms with Crippen LogP contribution in [-0.2, 0) is 10.2 Å². The number of fused-ring (bicyclic) bond motifs is 2. The Morgan fingerprint density at radius 2 is 2.05 bits per heavy atom. The molecule has 38 heavy (non-hydrogen) atoms. The topological polar surface area (TPSA) is 104 Å². The lowest BCUT2D eigenvalue weighted by molar-refractivity contribution is -0.117. The van der Waals surface area contributed by atoms with Gasteiger partial charge in [0, 0.05) is 49.3 Å². The predicted octanol–water partition coefficient (Wildman–Crippen LogP) is 4.29. The standard InChI is InChI=1S/C28H27ClFN7O/c29-21-12-16(37-10-3-6-24(37)38)7-8-17(21)25-26-27(35-34-25)33-23(13-32-26)36-11-9-18-20(14-36)28(18,15-31)19-4-1-2-5-22(19)30/h1-2,4-5,7-8,12-13,18,20H,3,6,9-11,14-15,31H2,(H,33,34,35)/t18-,20+,28-/m1/s1. The Labute approximate surface area is 224 Å². The van der Waals surface area contributed by atoms with Gasteiger partial charge in [0.05, 0.1) is 16.9 Å². The predicted molar refractivity (Wildman–Crippen MR) is 145 cm³/mol. The number of H-pyrrole nitrogens is 1. The number of carbonyl (C=O) groups is 1. The van der Waals surface area contributed by atoms with E-state index in [0.717, 1.165) is 48.6 Å². The van der Waals surface area contributed by atoms with Crippen LogP contribution in [0.3, 0.4) is 0 Å². The Hall–Kier alpha value is -3.56. The number of nitrogens with zero attached hydrogens (tertiary/aromatic N) is 5. The Morgan fingerprint density at radius 1 is 1.18 bits per heavy atom. The summed E-state index contributed by atoms with van der Waals surface area (Å²) in [5.74, 6) is 1.32. The van der Waals surface area contributed by atoms with Crippen molar-refractivity contribution >= 4 is 40.2 Å². The molecule has 0 spiro atoms. The number of anilines is 2. The minimum atomic E-state index is -0.320. The summed E-state index contributed by atoms with van der Waals surface area (Å²) >= 11 is 6.64. The Morgan fingerprint density at radius 3 is 2.82 bits per heavy atom. The van der Waals surface area contributed by atoms with Crippen LogP contribution in [0.25, 0.3) is 22.4 Å². The second-order valence-corrected chi connectivity index (χ2v) is 10.9. The van der Waals surface area contributed by atoms with E-state index >= 15 is 0 Å². The number of carbonyl (C=O) groups excluding carboxylic acids is 1. The first-order valence-corrected chi connectivity index (χ1v) is 13.4. The van der Waals surface area contributed by atoms with E-state index in [2.05, 4.69) is 15.1 Å². The highest BCUT2D eigenvalue weighted by Gasteiger charge is 2.66. The van der Waals surface area contributed by atoms with E-state index in [0.29, 0.717) is 47.3 Å². The van der Waals surface area contributed by atoms with Crippen LogP contribution in [-0.4, -0.2) is 52.3 Å². The van der Waals surface area contributed by atoms with Crippen molar-refractivity contribution in [2.24, 2.45) is 17.6 Å². The molecule has 8 nitrogen and oxygen atoms in total. The smallest absolute Gasteiger partial charge is 0.227 e. The number of benzene rings is 2. The summed E-state index contributed by atoms with van der Waals surface area (Å²) < 4.78 is 14.7. The summed E-state index contributed by atoms with van der Waals surface area (Å²) in [7, 11) is 0. The van der Waals surface area contributed by atoms with Crippen LogP contribution in [0.1, 0.15) is 24.8 Å². The van der Waals surface area contributed by atoms with Crippen molar-refractivity contribution in [3.63, 3.8) is 0 Å². The summed E-state index contributed by atoms with van der Waals surface area (Å²) in [4.78, 5) is 25.6. The molecule has 2 aromatic carbocycles. The third-order valence-corrected chi connectivity index (χ3v) is 9.04. The lowest BCUT2D eigenvalue weighted by Gasteiger charge is -2.26. The number of amides is 1. The van der Waals surface area contributed by atoms with Gasteiger partial charge >= 0.3 is 0 Å². The number of nitrogens with one attached hydrogen (secondary N) is 1. The molecule has 1 aliphatic carbocycles. The van der Waals surface area contributed by atoms with Crippen LogP contribution in [0.2, 0.25) is 5.02 Å². The van der Waals surface area contributed by atoms with Crippen molar-refractivity contribution in [2.75, 3.05) is 36.0 Å². The molecule has 1 saturated carbocycles. The molecule has 0 radical (unpaired) electrons. The van der Waals surface area contributed by atoms with Gasteiger partial charge in [-0.2, -0.15) is 5.10 Å². The monoisotopic (exact) mass is 531 g/mol. The first-order chi connectivity index (χ1) is 18.5. The fourth-order valence-electron chi connectivity index (χ4n) is 6.76. The molecule has 0 bridgehead atoms. The van der Waals surface area contributed by atoms with Gasteiger partial charge < -0.3 is 15.5 Å². The highest BCUT2D eigenvalue weighted by atomic mass is 35.5. The highest BCUT2D eigenvalue weighted by Crippen LogP contribution is 2.63. The van der Waals surface area contributed by atoms with E-state index in [1.807, 2.05) is 30.3 Å². The van der Waals surface area contributed by atoms with Gasteiger partial charge in [0.2, 0.25) is 11.6 Å². The molecule has 3 aliphatic rings. The summed E-state index contributed by atoms with van der Waals surface area (Å²) in [6, 6.07) is 12.6. The van der Waals surface area contributed by atoms with Crippen LogP contribution in [0.15, 0.2) is 48.7 Å². The van der Waals surface area contributed by atoms with Gasteiger partial charge in [-0.3, -0.25) is 9.89 Å². The summed E-state index contributed by atoms with van der Waals surface area (Å²) in [5, 5.41) is 7.98. The SMILES string of the molecule is NC[C@]1(c2ccccc2F)[C@@H]2CCN(c3cnc4c(-c5ccc(N6CCCC6=O)cc5Cl)[nH]nc4n3)C[C@@H]21. The number of nitrogens with two attached hydrogens (primary N) is 1. The largest absolute Gasteiger partial charge is 0.355 e. The van der Waals surface area contributed by atoms with Crippen LogP contribution in [0.4, 0.5) is 15.9 Å². The molecular weight excluding hydrogens is 505 g/mol. The van der Waals surface area contributed by atoms with Crippen molar-refractivity contribution in [1.29, 1.82) is 0 Å². The minimum Gasteiger partial charge on any atom is -0.355 e. The van der Waals surface area contributed by atoms with Crippen LogP contribution in [0, 0.1) is 17.7 Å². The van der Waals surface area contributed by atoms with Crippen LogP contribution < -0.4 is 15.5 Å². The molecule has 4 aromatic rings. The van der Waals surface area contributed by atoms with E-state index in [9.17, 15) is 9.18 Å². The second kappa shape index (κ2) is 8.74. The maximum atomic E-state index is 14.7. The average molecular weight is 532 g/mol. The second-order valence-electron chi connectivity index (χ2n) is 10.5. The highest BCUT2D eigenvalue weighted by molar-refractivity contribution is 6.34. The normalized spacial score (nSPS) is 24.8. The van der Waals surface area contributed by atoms with Crippen molar-refractivity contribution in [1.82, 2.24) is 20.2 Å². The third kappa shape index (κ3) is 3.45. The maximum absolute atomic E-state index is 14.7. The van der Waals surface area contributed by atoms with Gasteiger partial charge in [-0.25, -0.2) is 14.4 Å². The van der Waals surface area contributed by atoms with Crippen molar-refractivity contribution in [3.8, 4) is 11.3 Å². The van der Waals surface area contributed by atoms with Gasteiger partial charge in [-0.05, 0) is 54.5 Å². The number of hydrogen-bond donors (Lipinski definition) is 2. The molecule has 3 fully saturated rings. The molecule has 4 heterocycles. The van der Waals surface area contributed by atoms with Crippen molar-refractivity contribution in [2.45, 2.75) is 24.7 Å². The first-order valence-electron chi connectivity index (χ1n) is 13.0. The van der Waals surface area contributed by atoms with Gasteiger partial charge in [0.1, 0.15) is 17.2 Å². The molecule has 2 aliphatic heterocycles. The summed E-state index contributed by atoms with van der Waals surface area (Å²) in [6.45, 7) is 2.68. The lowest BCUT2D eigenvalue weighted by atomic mass is 9.91. The van der Waals surface area contributed by atoms with Crippen molar-refractivity contribution < 1.29 is 9.18 Å². The van der Waals surface area contributed by atoms with Crippen LogP contribution >= 0.6 is 11.6 Å². The van der Waals surface area contributed by atoms with Gasteiger partial charge in [-0.1, -0.05) is 29.8 Å². The van der Waals surface area contributed by atoms with E-state index in [-0.39, 0.29) is 23.1 Å². The molecule has 7 rings (SSSR count). The zero-order chi connectivity index (χ0) is 26.0. The van der Waals surface area contributed by atoms with E-state index in [1.165, 1.54) is 6.07 Å². The zero-order valence-corrected chi connectivity index (χ0v) is 21.5. The van der Waals surface area contributed by atoms with Gasteiger partial charge in [0.25, 0.3) is 0 Å². The molecule has 2 saturated heterocycles. The molecular formula is C28H27ClFN7O. The number of aromatic amines is 1. The zero-order valence-electron chi connectivity index (χ0n) is 20.7. The molecule has 1 amide bonds. The lowest BCUT2D eigenvalue weighted by Crippen LogP contribution is -2.32. The fourth-order valence-corrected chi connectivity index (χ4v) is 7.03. The van der Waals surface area contributed by atoms with Crippen molar-refractivity contribution in [3.05, 3.63) is 65.1 Å². The minimum absolute atomic E-state index is 0.118. The van der Waals surface area contributed by atoms with E-state index in [4.69, 9.17) is 27.3 Å². The third-order valence-electron chi connectivity index (χ3n) is 8.72. The molecule has 0 unspecified atom stereocenters. The molecule has 3 N–H and O–H groups in total. The Bertz CT molecular complexity index is 1570. The number of rotatable bonds is 5. The maximum Gasteiger partial charge on any atom is 0.227 e.